The lowest BCUT2D eigenvalue weighted by molar-refractivity contribution is -0.384. The average Bonchev–Trinajstić information content (AvgIpc) is 2.92. The third kappa shape index (κ3) is 4.32. The van der Waals surface area contributed by atoms with Crippen molar-refractivity contribution in [3.8, 4) is 0 Å². The van der Waals surface area contributed by atoms with Crippen LogP contribution >= 0.6 is 0 Å². The van der Waals surface area contributed by atoms with Crippen LogP contribution in [0.2, 0.25) is 0 Å². The largest absolute Gasteiger partial charge is 0.371 e. The highest BCUT2D eigenvalue weighted by Crippen LogP contribution is 2.33. The molecule has 0 bridgehead atoms. The number of hydrogen-bond donors (Lipinski definition) is 0. The summed E-state index contributed by atoms with van der Waals surface area (Å²) in [5.41, 5.74) is 2.02. The summed E-state index contributed by atoms with van der Waals surface area (Å²) in [4.78, 5) is 38.7. The minimum atomic E-state index is -0.464. The number of anilines is 1. The van der Waals surface area contributed by atoms with E-state index in [0.717, 1.165) is 18.8 Å². The number of nitro benzene ring substituents is 1. The number of carbonyl (C=O) groups excluding carboxylic acids is 2. The molecule has 0 N–H and O–H groups in total. The number of fused-ring (bicyclic) bond motifs is 1. The Morgan fingerprint density at radius 1 is 0.933 bits per heavy atom. The summed E-state index contributed by atoms with van der Waals surface area (Å²) in [6.07, 6.45) is 1.51. The lowest BCUT2D eigenvalue weighted by atomic mass is 10.0. The van der Waals surface area contributed by atoms with Gasteiger partial charge in [0.05, 0.1) is 10.5 Å². The number of non-ortho nitro benzene ring substituents is 1. The third-order valence-electron chi connectivity index (χ3n) is 4.94. The molecule has 1 aliphatic rings. The van der Waals surface area contributed by atoms with E-state index >= 15 is 0 Å². The maximum absolute atomic E-state index is 12.8. The van der Waals surface area contributed by atoms with Gasteiger partial charge in [0.15, 0.2) is 11.6 Å². The van der Waals surface area contributed by atoms with E-state index in [1.54, 1.807) is 30.3 Å². The van der Waals surface area contributed by atoms with Gasteiger partial charge < -0.3 is 4.90 Å². The zero-order chi connectivity index (χ0) is 22.0. The molecule has 0 atom stereocenters. The van der Waals surface area contributed by atoms with Crippen molar-refractivity contribution in [2.24, 2.45) is 11.8 Å². The molecule has 6 nitrogen and oxygen atoms in total. The van der Waals surface area contributed by atoms with E-state index in [1.807, 2.05) is 0 Å². The van der Waals surface area contributed by atoms with Gasteiger partial charge in [-0.25, -0.2) is 0 Å². The fraction of sp³-hybridized carbons (Fsp3) is 0.333. The first-order valence-electron chi connectivity index (χ1n) is 10.1. The molecule has 2 aromatic rings. The monoisotopic (exact) mass is 406 g/mol. The number of Topliss-reactive ketones (excluding diaryl/α,β-unsaturated/α-hetero) is 2. The van der Waals surface area contributed by atoms with Crippen LogP contribution < -0.4 is 4.90 Å². The highest BCUT2D eigenvalue weighted by atomic mass is 16.6. The molecular weight excluding hydrogens is 380 g/mol. The summed E-state index contributed by atoms with van der Waals surface area (Å²) in [5.74, 6) is 0.0662. The van der Waals surface area contributed by atoms with Gasteiger partial charge in [0.25, 0.3) is 5.69 Å². The molecule has 1 aliphatic carbocycles. The zero-order valence-electron chi connectivity index (χ0n) is 17.7. The number of rotatable bonds is 7. The lowest BCUT2D eigenvalue weighted by Gasteiger charge is -2.30. The molecule has 0 unspecified atom stereocenters. The number of nitro groups is 1. The quantitative estimate of drug-likeness (QED) is 0.274. The average molecular weight is 406 g/mol. The van der Waals surface area contributed by atoms with Crippen LogP contribution in [0.15, 0.2) is 48.0 Å². The van der Waals surface area contributed by atoms with Crippen LogP contribution in [-0.2, 0) is 0 Å². The summed E-state index contributed by atoms with van der Waals surface area (Å²) >= 11 is 0. The van der Waals surface area contributed by atoms with Crippen molar-refractivity contribution in [2.75, 3.05) is 18.0 Å². The Labute approximate surface area is 176 Å². The van der Waals surface area contributed by atoms with Gasteiger partial charge in [0, 0.05) is 47.6 Å². The molecule has 2 aromatic carbocycles. The van der Waals surface area contributed by atoms with Crippen molar-refractivity contribution >= 4 is 29.0 Å². The van der Waals surface area contributed by atoms with Gasteiger partial charge in [-0.3, -0.25) is 19.7 Å². The molecule has 0 heterocycles. The molecule has 0 saturated heterocycles. The minimum absolute atomic E-state index is 0.0481. The predicted octanol–water partition coefficient (Wildman–Crippen LogP) is 5.18. The van der Waals surface area contributed by atoms with Crippen molar-refractivity contribution in [1.82, 2.24) is 0 Å². The van der Waals surface area contributed by atoms with Crippen molar-refractivity contribution < 1.29 is 14.5 Å². The number of ketones is 2. The summed E-state index contributed by atoms with van der Waals surface area (Å²) in [7, 11) is 0. The molecule has 6 heteroatoms. The highest BCUT2D eigenvalue weighted by molar-refractivity contribution is 6.41. The van der Waals surface area contributed by atoms with E-state index in [0.29, 0.717) is 28.5 Å². The van der Waals surface area contributed by atoms with Crippen LogP contribution in [0.3, 0.4) is 0 Å². The first kappa shape index (κ1) is 21.4. The van der Waals surface area contributed by atoms with Gasteiger partial charge in [-0.05, 0) is 24.0 Å². The summed E-state index contributed by atoms with van der Waals surface area (Å²) < 4.78 is 0. The summed E-state index contributed by atoms with van der Waals surface area (Å²) in [6.45, 7) is 9.95. The van der Waals surface area contributed by atoms with Crippen LogP contribution in [0.1, 0.15) is 54.0 Å². The number of nitrogens with zero attached hydrogens (tertiary/aromatic N) is 2. The molecule has 0 saturated carbocycles. The first-order chi connectivity index (χ1) is 14.2. The van der Waals surface area contributed by atoms with Crippen molar-refractivity contribution in [3.63, 3.8) is 0 Å². The maximum atomic E-state index is 12.8. The topological polar surface area (TPSA) is 80.5 Å². The smallest absolute Gasteiger partial charge is 0.270 e. The SMILES string of the molecule is CC(C)CN(CC(C)C)c1ccc([N+](=O)[O-])cc1C=C1C(=O)c2ccccc2C1=O. The van der Waals surface area contributed by atoms with Crippen LogP contribution in [0.4, 0.5) is 11.4 Å². The van der Waals surface area contributed by atoms with E-state index < -0.39 is 4.92 Å². The normalized spacial score (nSPS) is 13.2. The van der Waals surface area contributed by atoms with Crippen molar-refractivity contribution in [1.29, 1.82) is 0 Å². The standard InChI is InChI=1S/C24H26N2O4/c1-15(2)13-25(14-16(3)4)22-10-9-18(26(29)30)11-17(22)12-21-23(27)19-7-5-6-8-20(19)24(21)28/h5-12,15-16H,13-14H2,1-4H3. The van der Waals surface area contributed by atoms with Crippen LogP contribution in [0.5, 0.6) is 0 Å². The zero-order valence-corrected chi connectivity index (χ0v) is 17.7. The first-order valence-corrected chi connectivity index (χ1v) is 10.1. The second-order valence-corrected chi connectivity index (χ2v) is 8.45. The fourth-order valence-electron chi connectivity index (χ4n) is 3.77. The van der Waals surface area contributed by atoms with Gasteiger partial charge in [0.1, 0.15) is 0 Å². The molecule has 156 valence electrons. The Balaban J connectivity index is 2.14. The summed E-state index contributed by atoms with van der Waals surface area (Å²) in [6, 6.07) is 11.3. The van der Waals surface area contributed by atoms with E-state index in [-0.39, 0.29) is 22.8 Å². The third-order valence-corrected chi connectivity index (χ3v) is 4.94. The molecular formula is C24H26N2O4. The van der Waals surface area contributed by atoms with E-state index in [4.69, 9.17) is 0 Å². The highest BCUT2D eigenvalue weighted by Gasteiger charge is 2.33. The fourth-order valence-corrected chi connectivity index (χ4v) is 3.77. The second-order valence-electron chi connectivity index (χ2n) is 8.45. The molecule has 0 aromatic heterocycles. The molecule has 0 amide bonds. The number of carbonyl (C=O) groups is 2. The van der Waals surface area contributed by atoms with Gasteiger partial charge in [-0.1, -0.05) is 52.0 Å². The number of benzene rings is 2. The Morgan fingerprint density at radius 2 is 1.47 bits per heavy atom. The Bertz CT molecular complexity index is 990. The lowest BCUT2D eigenvalue weighted by Crippen LogP contribution is -2.31. The van der Waals surface area contributed by atoms with E-state index in [1.165, 1.54) is 18.2 Å². The Morgan fingerprint density at radius 3 is 1.93 bits per heavy atom. The minimum Gasteiger partial charge on any atom is -0.371 e. The second kappa shape index (κ2) is 8.61. The summed E-state index contributed by atoms with van der Waals surface area (Å²) in [5, 5.41) is 11.4. The molecule has 30 heavy (non-hydrogen) atoms. The van der Waals surface area contributed by atoms with Gasteiger partial charge in [-0.15, -0.1) is 0 Å². The van der Waals surface area contributed by atoms with Crippen molar-refractivity contribution in [3.05, 3.63) is 74.8 Å². The van der Waals surface area contributed by atoms with E-state index in [2.05, 4.69) is 32.6 Å². The maximum Gasteiger partial charge on any atom is 0.270 e. The Kier molecular flexibility index (Phi) is 6.15. The van der Waals surface area contributed by atoms with Gasteiger partial charge in [0.2, 0.25) is 0 Å². The molecule has 0 spiro atoms. The molecule has 3 rings (SSSR count). The van der Waals surface area contributed by atoms with Crippen LogP contribution in [-0.4, -0.2) is 29.6 Å². The van der Waals surface area contributed by atoms with E-state index in [9.17, 15) is 19.7 Å². The molecule has 0 aliphatic heterocycles. The van der Waals surface area contributed by atoms with Crippen LogP contribution in [0, 0.1) is 22.0 Å². The molecule has 0 radical (unpaired) electrons. The van der Waals surface area contributed by atoms with Gasteiger partial charge in [-0.2, -0.15) is 0 Å². The molecule has 0 fully saturated rings. The number of hydrogen-bond acceptors (Lipinski definition) is 5. The number of allylic oxidation sites excluding steroid dienone is 1. The predicted molar refractivity (Wildman–Crippen MR) is 118 cm³/mol. The van der Waals surface area contributed by atoms with Gasteiger partial charge >= 0.3 is 0 Å². The van der Waals surface area contributed by atoms with Crippen molar-refractivity contribution in [2.45, 2.75) is 27.7 Å². The van der Waals surface area contributed by atoms with Crippen LogP contribution in [0.25, 0.3) is 6.08 Å². The Hall–Kier alpha value is -3.28.